The van der Waals surface area contributed by atoms with Gasteiger partial charge in [0.25, 0.3) is 5.91 Å². The molecule has 0 aliphatic carbocycles. The lowest BCUT2D eigenvalue weighted by atomic mass is 10.0. The number of carbonyl (C=O) groups excluding carboxylic acids is 3. The second-order valence-electron chi connectivity index (χ2n) is 11.3. The average Bonchev–Trinajstić information content (AvgIpc) is 3.48. The van der Waals surface area contributed by atoms with Gasteiger partial charge < -0.3 is 38.6 Å². The predicted molar refractivity (Wildman–Crippen MR) is 165 cm³/mol. The second-order valence-corrected chi connectivity index (χ2v) is 11.3. The van der Waals surface area contributed by atoms with Gasteiger partial charge in [-0.3, -0.25) is 14.4 Å². The normalized spacial score (nSPS) is 19.5. The van der Waals surface area contributed by atoms with Gasteiger partial charge in [0.2, 0.25) is 11.8 Å². The first kappa shape index (κ1) is 32.0. The number of nitrogens with zero attached hydrogens (tertiary/aromatic N) is 4. The summed E-state index contributed by atoms with van der Waals surface area (Å²) in [5.74, 6) is 1.13. The summed E-state index contributed by atoms with van der Waals surface area (Å²) in [6.45, 7) is 1.73. The molecule has 4 heterocycles. The van der Waals surface area contributed by atoms with Crippen molar-refractivity contribution in [3.05, 3.63) is 71.8 Å². The van der Waals surface area contributed by atoms with Crippen molar-refractivity contribution >= 4 is 17.7 Å². The lowest BCUT2D eigenvalue weighted by molar-refractivity contribution is -0.137. The van der Waals surface area contributed by atoms with Crippen LogP contribution in [0.5, 0.6) is 17.2 Å². The molecule has 0 saturated carbocycles. The monoisotopic (exact) mass is 619 g/mol. The van der Waals surface area contributed by atoms with Gasteiger partial charge in [0.15, 0.2) is 11.5 Å². The number of carbonyl (C=O) groups is 3. The average molecular weight is 620 g/mol. The van der Waals surface area contributed by atoms with Crippen LogP contribution in [0.4, 0.5) is 0 Å². The van der Waals surface area contributed by atoms with Gasteiger partial charge in [-0.05, 0) is 54.7 Å². The van der Waals surface area contributed by atoms with E-state index >= 15 is 0 Å². The quantitative estimate of drug-likeness (QED) is 0.418. The van der Waals surface area contributed by atoms with Gasteiger partial charge in [0, 0.05) is 46.8 Å². The van der Waals surface area contributed by atoms with E-state index in [4.69, 9.17) is 18.9 Å². The highest BCUT2D eigenvalue weighted by molar-refractivity contribution is 5.92. The Hall–Kier alpha value is -4.42. The zero-order valence-electron chi connectivity index (χ0n) is 26.1. The Kier molecular flexibility index (Phi) is 10.7. The minimum Gasteiger partial charge on any atom is -0.493 e. The van der Waals surface area contributed by atoms with Crippen LogP contribution in [0.3, 0.4) is 0 Å². The fourth-order valence-electron chi connectivity index (χ4n) is 5.69. The summed E-state index contributed by atoms with van der Waals surface area (Å²) >= 11 is 0. The predicted octanol–water partition coefficient (Wildman–Crippen LogP) is 2.95. The summed E-state index contributed by atoms with van der Waals surface area (Å²) in [5.41, 5.74) is 2.28. The minimum absolute atomic E-state index is 0.112. The largest absolute Gasteiger partial charge is 0.493 e. The van der Waals surface area contributed by atoms with Crippen LogP contribution in [0.15, 0.2) is 55.0 Å². The van der Waals surface area contributed by atoms with Gasteiger partial charge in [-0.25, -0.2) is 4.98 Å². The lowest BCUT2D eigenvalue weighted by Crippen LogP contribution is -2.58. The van der Waals surface area contributed by atoms with Crippen LogP contribution in [0.1, 0.15) is 40.9 Å². The Balaban J connectivity index is 1.41. The molecule has 3 aliphatic rings. The van der Waals surface area contributed by atoms with Crippen molar-refractivity contribution in [3.8, 4) is 17.2 Å². The van der Waals surface area contributed by atoms with Crippen LogP contribution in [0.2, 0.25) is 0 Å². The zero-order chi connectivity index (χ0) is 31.8. The van der Waals surface area contributed by atoms with E-state index in [2.05, 4.69) is 10.3 Å². The van der Waals surface area contributed by atoms with Gasteiger partial charge in [-0.15, -0.1) is 0 Å². The summed E-state index contributed by atoms with van der Waals surface area (Å²) < 4.78 is 25.1. The van der Waals surface area contributed by atoms with Crippen LogP contribution in [-0.4, -0.2) is 96.2 Å². The lowest BCUT2D eigenvalue weighted by Gasteiger charge is -2.39. The number of ether oxygens (including phenoxy) is 4. The maximum atomic E-state index is 13.5. The van der Waals surface area contributed by atoms with Crippen molar-refractivity contribution in [2.24, 2.45) is 7.05 Å². The molecule has 1 saturated heterocycles. The molecule has 0 spiro atoms. The fourth-order valence-corrected chi connectivity index (χ4v) is 5.69. The molecular formula is C33H41N5O7. The van der Waals surface area contributed by atoms with E-state index in [1.54, 1.807) is 42.0 Å². The fraction of sp³-hybridized carbons (Fsp3) is 0.455. The SMILES string of the molecule is COCCCN1CC(=O)N[C@H]2CN(C(=O)c3cncn3C)CC[C@H]2OCc2cccc(c2)Oc2ccc(cc2OC)CCC1=O. The van der Waals surface area contributed by atoms with E-state index < -0.39 is 6.04 Å². The Morgan fingerprint density at radius 3 is 2.76 bits per heavy atom. The van der Waals surface area contributed by atoms with Gasteiger partial charge >= 0.3 is 0 Å². The molecule has 3 aliphatic heterocycles. The van der Waals surface area contributed by atoms with Crippen molar-refractivity contribution in [2.75, 3.05) is 47.0 Å². The van der Waals surface area contributed by atoms with Crippen LogP contribution in [-0.2, 0) is 39.1 Å². The number of hydrogen-bond donors (Lipinski definition) is 1. The molecule has 45 heavy (non-hydrogen) atoms. The number of methoxy groups -OCH3 is 2. The molecule has 3 amide bonds. The molecule has 2 atom stereocenters. The zero-order valence-corrected chi connectivity index (χ0v) is 26.1. The molecule has 0 radical (unpaired) electrons. The Morgan fingerprint density at radius 1 is 1.11 bits per heavy atom. The first-order chi connectivity index (χ1) is 21.8. The number of fused-ring (bicyclic) bond motifs is 9. The summed E-state index contributed by atoms with van der Waals surface area (Å²) in [6, 6.07) is 12.8. The van der Waals surface area contributed by atoms with E-state index in [-0.39, 0.29) is 49.9 Å². The van der Waals surface area contributed by atoms with Crippen molar-refractivity contribution in [3.63, 3.8) is 0 Å². The summed E-state index contributed by atoms with van der Waals surface area (Å²) in [7, 11) is 4.96. The molecule has 6 rings (SSSR count). The summed E-state index contributed by atoms with van der Waals surface area (Å²) in [4.78, 5) is 47.6. The number of benzene rings is 2. The van der Waals surface area contributed by atoms with Crippen LogP contribution in [0, 0.1) is 0 Å². The van der Waals surface area contributed by atoms with E-state index in [0.29, 0.717) is 61.9 Å². The van der Waals surface area contributed by atoms with E-state index in [1.807, 2.05) is 42.5 Å². The second kappa shape index (κ2) is 15.0. The molecule has 240 valence electrons. The number of nitrogens with one attached hydrogen (secondary N) is 1. The molecule has 0 unspecified atom stereocenters. The van der Waals surface area contributed by atoms with Gasteiger partial charge in [-0.1, -0.05) is 18.2 Å². The third-order valence-electron chi connectivity index (χ3n) is 8.13. The molecule has 3 aromatic rings. The third kappa shape index (κ3) is 8.20. The minimum atomic E-state index is -0.486. The number of hydrogen-bond acceptors (Lipinski definition) is 8. The van der Waals surface area contributed by atoms with Crippen LogP contribution in [0.25, 0.3) is 0 Å². The highest BCUT2D eigenvalue weighted by Crippen LogP contribution is 2.33. The molecule has 1 fully saturated rings. The smallest absolute Gasteiger partial charge is 0.272 e. The number of amides is 3. The standard InChI is InChI=1S/C33H41N5O7/c1-36-22-34-18-27(36)33(41)38-14-12-28-26(19-38)35-31(39)20-37(13-5-15-42-2)32(40)11-9-23-8-10-29(30(17-23)43-3)45-25-7-4-6-24(16-25)21-44-28/h4,6-8,10,16-18,22,26,28H,5,9,11-15,19-21H2,1-3H3,(H,35,39)/t26-,28+/m0/s1. The first-order valence-electron chi connectivity index (χ1n) is 15.2. The molecule has 1 aromatic heterocycles. The van der Waals surface area contributed by atoms with Crippen LogP contribution < -0.4 is 14.8 Å². The molecule has 4 bridgehead atoms. The number of aromatic nitrogens is 2. The molecule has 1 N–H and O–H groups in total. The summed E-state index contributed by atoms with van der Waals surface area (Å²) in [5, 5.41) is 3.09. The molecular weight excluding hydrogens is 578 g/mol. The van der Waals surface area contributed by atoms with Crippen molar-refractivity contribution in [1.29, 1.82) is 0 Å². The third-order valence-corrected chi connectivity index (χ3v) is 8.13. The Bertz CT molecular complexity index is 1490. The maximum Gasteiger partial charge on any atom is 0.272 e. The van der Waals surface area contributed by atoms with E-state index in [0.717, 1.165) is 11.1 Å². The summed E-state index contributed by atoms with van der Waals surface area (Å²) in [6.07, 6.45) is 4.56. The number of rotatable bonds is 6. The van der Waals surface area contributed by atoms with E-state index in [9.17, 15) is 14.4 Å². The highest BCUT2D eigenvalue weighted by Gasteiger charge is 2.35. The van der Waals surface area contributed by atoms with Crippen molar-refractivity contribution in [1.82, 2.24) is 24.7 Å². The molecule has 12 nitrogen and oxygen atoms in total. The number of likely N-dealkylation sites (tertiary alicyclic amines) is 1. The van der Waals surface area contributed by atoms with Crippen molar-refractivity contribution < 1.29 is 33.3 Å². The van der Waals surface area contributed by atoms with E-state index in [1.165, 1.54) is 6.20 Å². The highest BCUT2D eigenvalue weighted by atomic mass is 16.5. The first-order valence-corrected chi connectivity index (χ1v) is 15.2. The van der Waals surface area contributed by atoms with Gasteiger partial charge in [0.05, 0.1) is 44.9 Å². The number of aryl methyl sites for hydroxylation is 2. The Labute approximate surface area is 263 Å². The van der Waals surface area contributed by atoms with Gasteiger partial charge in [-0.2, -0.15) is 0 Å². The van der Waals surface area contributed by atoms with Crippen LogP contribution >= 0.6 is 0 Å². The van der Waals surface area contributed by atoms with Crippen molar-refractivity contribution in [2.45, 2.75) is 44.4 Å². The number of piperidine rings is 1. The number of imidazole rings is 1. The molecule has 12 heteroatoms. The topological polar surface area (TPSA) is 124 Å². The van der Waals surface area contributed by atoms with Gasteiger partial charge in [0.1, 0.15) is 11.4 Å². The molecule has 2 aromatic carbocycles. The maximum absolute atomic E-state index is 13.5. The Morgan fingerprint density at radius 2 is 1.98 bits per heavy atom.